The lowest BCUT2D eigenvalue weighted by molar-refractivity contribution is -0.117. The molecule has 0 aliphatic carbocycles. The van der Waals surface area contributed by atoms with Gasteiger partial charge in [0.15, 0.2) is 0 Å². The molecule has 1 N–H and O–H groups in total. The minimum Gasteiger partial charge on any atom is -0.324 e. The number of carbonyl (C=O) groups is 1. The molecule has 21 heavy (non-hydrogen) atoms. The van der Waals surface area contributed by atoms with E-state index in [9.17, 15) is 4.79 Å². The van der Waals surface area contributed by atoms with Crippen molar-refractivity contribution in [3.8, 4) is 0 Å². The Bertz CT molecular complexity index is 613. The lowest BCUT2D eigenvalue weighted by Crippen LogP contribution is -2.32. The molecule has 112 valence electrons. The third kappa shape index (κ3) is 4.30. The van der Waals surface area contributed by atoms with Crippen molar-refractivity contribution in [3.63, 3.8) is 0 Å². The summed E-state index contributed by atoms with van der Waals surface area (Å²) < 4.78 is 0. The summed E-state index contributed by atoms with van der Waals surface area (Å²) in [5.74, 6) is -0.0633. The van der Waals surface area contributed by atoms with Gasteiger partial charge in [-0.1, -0.05) is 23.7 Å². The number of hydrogen-bond donors (Lipinski definition) is 1. The van der Waals surface area contributed by atoms with Crippen LogP contribution in [-0.4, -0.2) is 24.4 Å². The molecule has 0 fully saturated rings. The average molecular weight is 323 g/mol. The highest BCUT2D eigenvalue weighted by Crippen LogP contribution is 2.24. The van der Waals surface area contributed by atoms with Crippen molar-refractivity contribution in [1.82, 2.24) is 4.90 Å². The Hall–Kier alpha value is -1.36. The fourth-order valence-corrected chi connectivity index (χ4v) is 3.15. The number of hydrogen-bond acceptors (Lipinski definition) is 3. The number of thiophene rings is 1. The molecule has 1 atom stereocenters. The van der Waals surface area contributed by atoms with Crippen molar-refractivity contribution in [3.05, 3.63) is 51.2 Å². The van der Waals surface area contributed by atoms with Gasteiger partial charge in [-0.05, 0) is 50.0 Å². The van der Waals surface area contributed by atoms with E-state index in [1.807, 2.05) is 48.5 Å². The van der Waals surface area contributed by atoms with Crippen LogP contribution in [0, 0.1) is 6.92 Å². The molecule has 1 aromatic carbocycles. The lowest BCUT2D eigenvalue weighted by Gasteiger charge is -2.23. The Labute approximate surface area is 134 Å². The molecule has 1 aromatic heterocycles. The Morgan fingerprint density at radius 2 is 2.19 bits per heavy atom. The first kappa shape index (κ1) is 16.0. The Morgan fingerprint density at radius 1 is 1.43 bits per heavy atom. The molecule has 0 saturated heterocycles. The van der Waals surface area contributed by atoms with E-state index in [1.54, 1.807) is 11.3 Å². The van der Waals surface area contributed by atoms with E-state index in [0.29, 0.717) is 17.3 Å². The van der Waals surface area contributed by atoms with Crippen molar-refractivity contribution < 1.29 is 4.79 Å². The second kappa shape index (κ2) is 7.07. The molecule has 0 aliphatic heterocycles. The van der Waals surface area contributed by atoms with E-state index >= 15 is 0 Å². The smallest absolute Gasteiger partial charge is 0.238 e. The van der Waals surface area contributed by atoms with Gasteiger partial charge in [-0.25, -0.2) is 0 Å². The van der Waals surface area contributed by atoms with Crippen LogP contribution in [0.3, 0.4) is 0 Å². The molecule has 0 radical (unpaired) electrons. The third-order valence-electron chi connectivity index (χ3n) is 3.41. The molecule has 0 spiro atoms. The topological polar surface area (TPSA) is 32.3 Å². The zero-order valence-electron chi connectivity index (χ0n) is 12.4. The second-order valence-electron chi connectivity index (χ2n) is 5.14. The minimum absolute atomic E-state index is 0.0633. The van der Waals surface area contributed by atoms with Gasteiger partial charge in [-0.15, -0.1) is 11.3 Å². The van der Waals surface area contributed by atoms with Crippen molar-refractivity contribution >= 4 is 34.5 Å². The van der Waals surface area contributed by atoms with Crippen LogP contribution >= 0.6 is 22.9 Å². The van der Waals surface area contributed by atoms with Gasteiger partial charge in [-0.3, -0.25) is 9.69 Å². The zero-order valence-corrected chi connectivity index (χ0v) is 14.0. The molecule has 1 unspecified atom stereocenters. The number of nitrogens with one attached hydrogen (secondary N) is 1. The first-order valence-electron chi connectivity index (χ1n) is 6.77. The molecule has 3 nitrogen and oxygen atoms in total. The highest BCUT2D eigenvalue weighted by molar-refractivity contribution is 7.10. The van der Waals surface area contributed by atoms with Gasteiger partial charge in [0.05, 0.1) is 17.3 Å². The van der Waals surface area contributed by atoms with Gasteiger partial charge in [0.2, 0.25) is 5.91 Å². The highest BCUT2D eigenvalue weighted by Gasteiger charge is 2.16. The number of halogens is 1. The summed E-state index contributed by atoms with van der Waals surface area (Å²) in [6, 6.07) is 9.92. The maximum absolute atomic E-state index is 12.1. The standard InChI is InChI=1S/C16H19ClN2OS/c1-11-6-7-14(13(17)9-11)18-16(20)10-19(3)12(2)15-5-4-8-21-15/h4-9,12H,10H2,1-3H3,(H,18,20). The lowest BCUT2D eigenvalue weighted by atomic mass is 10.2. The van der Waals surface area contributed by atoms with Crippen LogP contribution in [0.1, 0.15) is 23.4 Å². The van der Waals surface area contributed by atoms with Crippen LogP contribution in [0.4, 0.5) is 5.69 Å². The van der Waals surface area contributed by atoms with Crippen molar-refractivity contribution in [2.24, 2.45) is 0 Å². The molecule has 2 aromatic rings. The second-order valence-corrected chi connectivity index (χ2v) is 6.52. The highest BCUT2D eigenvalue weighted by atomic mass is 35.5. The monoisotopic (exact) mass is 322 g/mol. The first-order valence-corrected chi connectivity index (χ1v) is 8.03. The Morgan fingerprint density at radius 3 is 2.81 bits per heavy atom. The average Bonchev–Trinajstić information content (AvgIpc) is 2.95. The normalized spacial score (nSPS) is 12.4. The number of likely N-dealkylation sites (N-methyl/N-ethyl adjacent to an activating group) is 1. The largest absolute Gasteiger partial charge is 0.324 e. The number of amides is 1. The molecular formula is C16H19ClN2OS. The van der Waals surface area contributed by atoms with E-state index in [2.05, 4.69) is 18.3 Å². The van der Waals surface area contributed by atoms with Gasteiger partial charge in [-0.2, -0.15) is 0 Å². The number of anilines is 1. The van der Waals surface area contributed by atoms with Crippen molar-refractivity contribution in [2.75, 3.05) is 18.9 Å². The number of nitrogens with zero attached hydrogens (tertiary/aromatic N) is 1. The summed E-state index contributed by atoms with van der Waals surface area (Å²) in [6.07, 6.45) is 0. The van der Waals surface area contributed by atoms with E-state index in [-0.39, 0.29) is 11.9 Å². The van der Waals surface area contributed by atoms with Crippen LogP contribution in [0.2, 0.25) is 5.02 Å². The van der Waals surface area contributed by atoms with E-state index in [0.717, 1.165) is 5.56 Å². The predicted molar refractivity (Wildman–Crippen MR) is 90.2 cm³/mol. The van der Waals surface area contributed by atoms with Gasteiger partial charge >= 0.3 is 0 Å². The summed E-state index contributed by atoms with van der Waals surface area (Å²) >= 11 is 7.83. The number of aryl methyl sites for hydroxylation is 1. The van der Waals surface area contributed by atoms with Crippen LogP contribution in [0.15, 0.2) is 35.7 Å². The number of benzene rings is 1. The van der Waals surface area contributed by atoms with E-state index < -0.39 is 0 Å². The quantitative estimate of drug-likeness (QED) is 0.888. The molecule has 0 aliphatic rings. The molecular weight excluding hydrogens is 304 g/mol. The molecule has 2 rings (SSSR count). The van der Waals surface area contributed by atoms with Crippen molar-refractivity contribution in [2.45, 2.75) is 19.9 Å². The van der Waals surface area contributed by atoms with Crippen LogP contribution < -0.4 is 5.32 Å². The van der Waals surface area contributed by atoms with Gasteiger partial charge in [0, 0.05) is 10.9 Å². The Kier molecular flexibility index (Phi) is 5.39. The van der Waals surface area contributed by atoms with Crippen LogP contribution in [0.25, 0.3) is 0 Å². The van der Waals surface area contributed by atoms with E-state index in [4.69, 9.17) is 11.6 Å². The minimum atomic E-state index is -0.0633. The number of carbonyl (C=O) groups excluding carboxylic acids is 1. The summed E-state index contributed by atoms with van der Waals surface area (Å²) in [7, 11) is 1.95. The predicted octanol–water partition coefficient (Wildman–Crippen LogP) is 4.34. The van der Waals surface area contributed by atoms with Crippen molar-refractivity contribution in [1.29, 1.82) is 0 Å². The molecule has 0 saturated carbocycles. The summed E-state index contributed by atoms with van der Waals surface area (Å²) in [4.78, 5) is 15.4. The Balaban J connectivity index is 1.95. The fourth-order valence-electron chi connectivity index (χ4n) is 2.02. The maximum atomic E-state index is 12.1. The van der Waals surface area contributed by atoms with Crippen LogP contribution in [0.5, 0.6) is 0 Å². The zero-order chi connectivity index (χ0) is 15.4. The van der Waals surface area contributed by atoms with Gasteiger partial charge < -0.3 is 5.32 Å². The maximum Gasteiger partial charge on any atom is 0.238 e. The SMILES string of the molecule is Cc1ccc(NC(=O)CN(C)C(C)c2cccs2)c(Cl)c1. The van der Waals surface area contributed by atoms with E-state index in [1.165, 1.54) is 4.88 Å². The van der Waals surface area contributed by atoms with Crippen LogP contribution in [-0.2, 0) is 4.79 Å². The first-order chi connectivity index (χ1) is 9.97. The summed E-state index contributed by atoms with van der Waals surface area (Å²) in [5, 5.41) is 5.47. The molecule has 0 bridgehead atoms. The third-order valence-corrected chi connectivity index (χ3v) is 4.76. The number of rotatable bonds is 5. The molecule has 1 amide bonds. The van der Waals surface area contributed by atoms with Gasteiger partial charge in [0.25, 0.3) is 0 Å². The molecule has 1 heterocycles. The van der Waals surface area contributed by atoms with Gasteiger partial charge in [0.1, 0.15) is 0 Å². The summed E-state index contributed by atoms with van der Waals surface area (Å²) in [6.45, 7) is 4.38. The molecule has 5 heteroatoms. The fraction of sp³-hybridized carbons (Fsp3) is 0.312. The summed E-state index contributed by atoms with van der Waals surface area (Å²) in [5.41, 5.74) is 1.73.